The van der Waals surface area contributed by atoms with Gasteiger partial charge in [-0.05, 0) is 24.3 Å². The number of hydrogen-bond acceptors (Lipinski definition) is 7. The SMILES string of the molecule is c1c[nH]c(-c2nc3cc4c(cc3nc2-c2ccc[nH]2)OCCOCCOCCOCCO4)c1. The molecule has 9 nitrogen and oxygen atoms in total. The number of rotatable bonds is 2. The van der Waals surface area contributed by atoms with Gasteiger partial charge >= 0.3 is 0 Å². The maximum absolute atomic E-state index is 5.99. The molecule has 1 aliphatic heterocycles. The van der Waals surface area contributed by atoms with Gasteiger partial charge in [-0.3, -0.25) is 0 Å². The molecule has 0 atom stereocenters. The van der Waals surface area contributed by atoms with Crippen LogP contribution in [0.2, 0.25) is 0 Å². The van der Waals surface area contributed by atoms with Crippen molar-refractivity contribution in [1.29, 1.82) is 0 Å². The first-order chi connectivity index (χ1) is 16.4. The van der Waals surface area contributed by atoms with Crippen LogP contribution in [0, 0.1) is 0 Å². The van der Waals surface area contributed by atoms with Gasteiger partial charge in [0.2, 0.25) is 0 Å². The molecule has 4 heterocycles. The molecule has 0 amide bonds. The summed E-state index contributed by atoms with van der Waals surface area (Å²) in [6.07, 6.45) is 3.74. The first-order valence-electron chi connectivity index (χ1n) is 11.0. The largest absolute Gasteiger partial charge is 0.487 e. The Bertz CT molecular complexity index is 1070. The number of aromatic nitrogens is 4. The molecule has 0 spiro atoms. The predicted molar refractivity (Wildman–Crippen MR) is 123 cm³/mol. The van der Waals surface area contributed by atoms with Crippen molar-refractivity contribution in [2.24, 2.45) is 0 Å². The van der Waals surface area contributed by atoms with Crippen LogP contribution in [0.3, 0.4) is 0 Å². The van der Waals surface area contributed by atoms with E-state index in [1.807, 2.05) is 48.8 Å². The Kier molecular flexibility index (Phi) is 6.81. The standard InChI is InChI=1S/C24H26N4O5/c1-3-17(25-5-1)23-24(18-4-2-6-26-18)28-20-16-22-21(15-19(20)27-23)32-13-11-30-9-7-29-8-10-31-12-14-33-22/h1-6,15-16,25-26H,7-14H2. The molecule has 9 heteroatoms. The van der Waals surface area contributed by atoms with Gasteiger partial charge in [0.25, 0.3) is 0 Å². The fourth-order valence-electron chi connectivity index (χ4n) is 3.58. The summed E-state index contributed by atoms with van der Waals surface area (Å²) in [5.41, 5.74) is 4.70. The predicted octanol–water partition coefficient (Wildman–Crippen LogP) is 3.44. The summed E-state index contributed by atoms with van der Waals surface area (Å²) in [6.45, 7) is 3.74. The number of aromatic amines is 2. The van der Waals surface area contributed by atoms with E-state index >= 15 is 0 Å². The number of nitrogens with one attached hydrogen (secondary N) is 2. The third-order valence-electron chi connectivity index (χ3n) is 5.15. The molecule has 1 aromatic carbocycles. The lowest BCUT2D eigenvalue weighted by molar-refractivity contribution is 0.00708. The second-order valence-electron chi connectivity index (χ2n) is 7.41. The zero-order chi connectivity index (χ0) is 22.3. The summed E-state index contributed by atoms with van der Waals surface area (Å²) in [7, 11) is 0. The second-order valence-corrected chi connectivity index (χ2v) is 7.41. The third kappa shape index (κ3) is 5.16. The zero-order valence-corrected chi connectivity index (χ0v) is 18.2. The minimum Gasteiger partial charge on any atom is -0.487 e. The van der Waals surface area contributed by atoms with Crippen LogP contribution >= 0.6 is 0 Å². The average molecular weight is 450 g/mol. The topological polar surface area (TPSA) is 104 Å². The van der Waals surface area contributed by atoms with Crippen LogP contribution in [0.5, 0.6) is 11.5 Å². The molecule has 0 bridgehead atoms. The lowest BCUT2D eigenvalue weighted by Crippen LogP contribution is -2.13. The van der Waals surface area contributed by atoms with Gasteiger partial charge in [-0.1, -0.05) is 0 Å². The Morgan fingerprint density at radius 3 is 1.39 bits per heavy atom. The minimum atomic E-state index is 0.385. The van der Waals surface area contributed by atoms with Gasteiger partial charge in [-0.25, -0.2) is 9.97 Å². The molecule has 0 saturated carbocycles. The molecule has 0 saturated heterocycles. The summed E-state index contributed by atoms with van der Waals surface area (Å²) in [6, 6.07) is 11.6. The lowest BCUT2D eigenvalue weighted by Gasteiger charge is -2.15. The smallest absolute Gasteiger partial charge is 0.163 e. The Labute approximate surface area is 191 Å². The summed E-state index contributed by atoms with van der Waals surface area (Å²) >= 11 is 0. The molecule has 0 radical (unpaired) electrons. The number of H-pyrrole nitrogens is 2. The van der Waals surface area contributed by atoms with Gasteiger partial charge in [0.1, 0.15) is 24.6 Å². The number of benzene rings is 1. The highest BCUT2D eigenvalue weighted by atomic mass is 16.6. The molecule has 4 aromatic rings. The van der Waals surface area contributed by atoms with Gasteiger partial charge in [0, 0.05) is 24.5 Å². The first kappa shape index (κ1) is 21.4. The number of nitrogens with zero attached hydrogens (tertiary/aromatic N) is 2. The van der Waals surface area contributed by atoms with Crippen molar-refractivity contribution in [2.45, 2.75) is 0 Å². The first-order valence-corrected chi connectivity index (χ1v) is 11.0. The van der Waals surface area contributed by atoms with Crippen molar-refractivity contribution in [1.82, 2.24) is 19.9 Å². The number of ether oxygens (including phenoxy) is 5. The van der Waals surface area contributed by atoms with Gasteiger partial charge in [-0.2, -0.15) is 0 Å². The van der Waals surface area contributed by atoms with Crippen LogP contribution in [0.4, 0.5) is 0 Å². The van der Waals surface area contributed by atoms with E-state index in [0.29, 0.717) is 75.4 Å². The van der Waals surface area contributed by atoms with E-state index in [0.717, 1.165) is 22.8 Å². The quantitative estimate of drug-likeness (QED) is 0.482. The molecule has 33 heavy (non-hydrogen) atoms. The van der Waals surface area contributed by atoms with E-state index < -0.39 is 0 Å². The summed E-state index contributed by atoms with van der Waals surface area (Å²) in [5.74, 6) is 1.19. The van der Waals surface area contributed by atoms with E-state index in [-0.39, 0.29) is 0 Å². The lowest BCUT2D eigenvalue weighted by atomic mass is 10.1. The van der Waals surface area contributed by atoms with E-state index in [4.69, 9.17) is 33.7 Å². The molecule has 2 N–H and O–H groups in total. The third-order valence-corrected chi connectivity index (χ3v) is 5.15. The Morgan fingerprint density at radius 2 is 1.00 bits per heavy atom. The van der Waals surface area contributed by atoms with Crippen molar-refractivity contribution in [3.8, 4) is 34.3 Å². The summed E-state index contributed by atoms with van der Waals surface area (Å²) in [4.78, 5) is 16.3. The van der Waals surface area contributed by atoms with Crippen molar-refractivity contribution < 1.29 is 23.7 Å². The molecule has 0 aliphatic carbocycles. The highest BCUT2D eigenvalue weighted by Crippen LogP contribution is 2.35. The number of hydrogen-bond donors (Lipinski definition) is 2. The summed E-state index contributed by atoms with van der Waals surface area (Å²) < 4.78 is 28.6. The van der Waals surface area contributed by atoms with Gasteiger partial charge in [-0.15, -0.1) is 0 Å². The van der Waals surface area contributed by atoms with E-state index in [1.54, 1.807) is 0 Å². The van der Waals surface area contributed by atoms with E-state index in [1.165, 1.54) is 0 Å². The summed E-state index contributed by atoms with van der Waals surface area (Å²) in [5, 5.41) is 0. The fourth-order valence-corrected chi connectivity index (χ4v) is 3.58. The van der Waals surface area contributed by atoms with Crippen molar-refractivity contribution in [2.75, 3.05) is 52.9 Å². The van der Waals surface area contributed by atoms with E-state index in [9.17, 15) is 0 Å². The van der Waals surface area contributed by atoms with Crippen LogP contribution < -0.4 is 9.47 Å². The monoisotopic (exact) mass is 450 g/mol. The molecule has 0 fully saturated rings. The van der Waals surface area contributed by atoms with Crippen LogP contribution in [-0.4, -0.2) is 72.8 Å². The van der Waals surface area contributed by atoms with Crippen LogP contribution in [0.25, 0.3) is 33.8 Å². The highest BCUT2D eigenvalue weighted by molar-refractivity contribution is 5.86. The Balaban J connectivity index is 1.52. The van der Waals surface area contributed by atoms with Crippen LogP contribution in [-0.2, 0) is 14.2 Å². The molecule has 5 rings (SSSR count). The van der Waals surface area contributed by atoms with Crippen molar-refractivity contribution in [3.05, 3.63) is 48.8 Å². The van der Waals surface area contributed by atoms with Crippen LogP contribution in [0.15, 0.2) is 48.8 Å². The molecule has 1 aliphatic rings. The molecular weight excluding hydrogens is 424 g/mol. The molecular formula is C24H26N4O5. The Hall–Kier alpha value is -3.40. The van der Waals surface area contributed by atoms with Crippen molar-refractivity contribution in [3.63, 3.8) is 0 Å². The number of fused-ring (bicyclic) bond motifs is 2. The van der Waals surface area contributed by atoms with Crippen LogP contribution in [0.1, 0.15) is 0 Å². The van der Waals surface area contributed by atoms with Gasteiger partial charge in [0.15, 0.2) is 11.5 Å². The maximum Gasteiger partial charge on any atom is 0.163 e. The second kappa shape index (κ2) is 10.5. The van der Waals surface area contributed by atoms with Crippen molar-refractivity contribution >= 4 is 11.0 Å². The van der Waals surface area contributed by atoms with Gasteiger partial charge in [0.05, 0.1) is 62.1 Å². The average Bonchev–Trinajstić information content (AvgIpc) is 3.55. The fraction of sp³-hybridized carbons (Fsp3) is 0.333. The zero-order valence-electron chi connectivity index (χ0n) is 18.2. The maximum atomic E-state index is 5.99. The minimum absolute atomic E-state index is 0.385. The molecule has 3 aromatic heterocycles. The normalized spacial score (nSPS) is 16.2. The Morgan fingerprint density at radius 1 is 0.576 bits per heavy atom. The molecule has 0 unspecified atom stereocenters. The van der Waals surface area contributed by atoms with Gasteiger partial charge < -0.3 is 33.7 Å². The molecule has 172 valence electrons. The highest BCUT2D eigenvalue weighted by Gasteiger charge is 2.17. The van der Waals surface area contributed by atoms with E-state index in [2.05, 4.69) is 9.97 Å².